The highest BCUT2D eigenvalue weighted by Crippen LogP contribution is 2.32. The van der Waals surface area contributed by atoms with Crippen molar-refractivity contribution in [3.8, 4) is 11.3 Å². The van der Waals surface area contributed by atoms with E-state index in [0.29, 0.717) is 10.7 Å². The lowest BCUT2D eigenvalue weighted by Crippen LogP contribution is -2.30. The van der Waals surface area contributed by atoms with Gasteiger partial charge in [-0.15, -0.1) is 0 Å². The van der Waals surface area contributed by atoms with E-state index in [1.54, 1.807) is 6.08 Å². The number of thioether (sulfide) groups is 1. The molecule has 1 aromatic heterocycles. The van der Waals surface area contributed by atoms with E-state index >= 15 is 0 Å². The van der Waals surface area contributed by atoms with Gasteiger partial charge in [0.15, 0.2) is 5.50 Å². The molecule has 0 aliphatic carbocycles. The smallest absolute Gasteiger partial charge is 0.260 e. The van der Waals surface area contributed by atoms with Crippen molar-refractivity contribution in [2.24, 2.45) is 0 Å². The number of carbonyl (C=O) groups excluding carboxylic acids is 1. The highest BCUT2D eigenvalue weighted by Gasteiger charge is 2.27. The van der Waals surface area contributed by atoms with Crippen molar-refractivity contribution in [3.63, 3.8) is 0 Å². The quantitative estimate of drug-likeness (QED) is 0.473. The van der Waals surface area contributed by atoms with Crippen molar-refractivity contribution in [2.75, 3.05) is 5.32 Å². The topological polar surface area (TPSA) is 54.3 Å². The van der Waals surface area contributed by atoms with Gasteiger partial charge < -0.3 is 15.1 Å². The van der Waals surface area contributed by atoms with Gasteiger partial charge in [-0.05, 0) is 48.4 Å². The molecular formula is C22H19BrN2O2S. The Balaban J connectivity index is 1.45. The van der Waals surface area contributed by atoms with Gasteiger partial charge in [0.2, 0.25) is 0 Å². The Labute approximate surface area is 176 Å². The summed E-state index contributed by atoms with van der Waals surface area (Å²) in [4.78, 5) is 12.9. The second-order valence-corrected chi connectivity index (χ2v) is 8.45. The van der Waals surface area contributed by atoms with Crippen molar-refractivity contribution in [1.82, 2.24) is 5.32 Å². The van der Waals surface area contributed by atoms with Crippen LogP contribution in [-0.2, 0) is 11.2 Å². The number of halogens is 1. The minimum absolute atomic E-state index is 0.103. The molecule has 1 aliphatic heterocycles. The van der Waals surface area contributed by atoms with Crippen molar-refractivity contribution in [2.45, 2.75) is 18.8 Å². The monoisotopic (exact) mass is 454 g/mol. The molecule has 2 heterocycles. The van der Waals surface area contributed by atoms with Crippen LogP contribution in [0.25, 0.3) is 17.4 Å². The zero-order valence-electron chi connectivity index (χ0n) is 15.2. The van der Waals surface area contributed by atoms with Crippen LogP contribution < -0.4 is 10.6 Å². The largest absolute Gasteiger partial charge is 0.457 e. The summed E-state index contributed by atoms with van der Waals surface area (Å²) < 4.78 is 6.91. The zero-order chi connectivity index (χ0) is 19.5. The van der Waals surface area contributed by atoms with Crippen LogP contribution in [0.4, 0.5) is 5.69 Å². The number of rotatable bonds is 5. The first-order valence-electron chi connectivity index (χ1n) is 9.01. The van der Waals surface area contributed by atoms with E-state index in [4.69, 9.17) is 4.42 Å². The number of amides is 1. The molecule has 4 rings (SSSR count). The van der Waals surface area contributed by atoms with Gasteiger partial charge in [-0.25, -0.2) is 0 Å². The third-order valence-electron chi connectivity index (χ3n) is 4.42. The molecule has 1 atom stereocenters. The molecule has 4 nitrogen and oxygen atoms in total. The fourth-order valence-electron chi connectivity index (χ4n) is 2.88. The summed E-state index contributed by atoms with van der Waals surface area (Å²) in [5, 5.41) is 6.27. The predicted octanol–water partition coefficient (Wildman–Crippen LogP) is 5.87. The van der Waals surface area contributed by atoms with E-state index in [0.717, 1.165) is 27.9 Å². The van der Waals surface area contributed by atoms with Crippen LogP contribution in [0.15, 0.2) is 74.5 Å². The first-order valence-corrected chi connectivity index (χ1v) is 10.7. The molecule has 1 fully saturated rings. The first kappa shape index (κ1) is 18.9. The van der Waals surface area contributed by atoms with Crippen LogP contribution in [-0.4, -0.2) is 11.4 Å². The van der Waals surface area contributed by atoms with E-state index < -0.39 is 0 Å². The van der Waals surface area contributed by atoms with Crippen LogP contribution in [0.3, 0.4) is 0 Å². The maximum atomic E-state index is 12.3. The Bertz CT molecular complexity index is 1010. The molecule has 0 spiro atoms. The normalized spacial score (nSPS) is 17.7. The molecule has 2 N–H and O–H groups in total. The summed E-state index contributed by atoms with van der Waals surface area (Å²) in [6.45, 7) is 2.13. The number of carbonyl (C=O) groups is 1. The highest BCUT2D eigenvalue weighted by molar-refractivity contribution is 9.10. The minimum Gasteiger partial charge on any atom is -0.457 e. The molecule has 142 valence electrons. The first-order chi connectivity index (χ1) is 13.6. The number of furan rings is 1. The van der Waals surface area contributed by atoms with Crippen LogP contribution in [0.1, 0.15) is 18.2 Å². The van der Waals surface area contributed by atoms with Gasteiger partial charge in [0.1, 0.15) is 11.5 Å². The zero-order valence-corrected chi connectivity index (χ0v) is 17.6. The van der Waals surface area contributed by atoms with E-state index in [1.165, 1.54) is 17.3 Å². The standard InChI is InChI=1S/C22H19BrN2O2S/c1-2-14-3-9-17(10-4-14)24-22-25-21(26)20(28-22)13-18-11-12-19(27-18)15-5-7-16(23)8-6-15/h3-13,22,24H,2H2,1H3,(H,25,26)/b20-13+/t22-/m1/s1. The molecule has 1 amide bonds. The fourth-order valence-corrected chi connectivity index (χ4v) is 4.11. The number of hydrogen-bond donors (Lipinski definition) is 2. The Kier molecular flexibility index (Phi) is 5.59. The maximum absolute atomic E-state index is 12.3. The van der Waals surface area contributed by atoms with Crippen LogP contribution in [0.2, 0.25) is 0 Å². The van der Waals surface area contributed by atoms with Crippen molar-refractivity contribution in [1.29, 1.82) is 0 Å². The summed E-state index contributed by atoms with van der Waals surface area (Å²) in [6, 6.07) is 20.0. The highest BCUT2D eigenvalue weighted by atomic mass is 79.9. The minimum atomic E-state index is -0.202. The number of nitrogens with one attached hydrogen (secondary N) is 2. The van der Waals surface area contributed by atoms with E-state index in [2.05, 4.69) is 45.6 Å². The molecule has 6 heteroatoms. The fraction of sp³-hybridized carbons (Fsp3) is 0.136. The van der Waals surface area contributed by atoms with Crippen molar-refractivity contribution in [3.05, 3.63) is 81.4 Å². The summed E-state index contributed by atoms with van der Waals surface area (Å²) in [7, 11) is 0. The van der Waals surface area contributed by atoms with Gasteiger partial charge >= 0.3 is 0 Å². The molecule has 0 unspecified atom stereocenters. The van der Waals surface area contributed by atoms with Crippen LogP contribution in [0, 0.1) is 0 Å². The number of anilines is 1. The average Bonchev–Trinajstić information content (AvgIpc) is 3.30. The third-order valence-corrected chi connectivity index (χ3v) is 5.98. The van der Waals surface area contributed by atoms with E-state index in [1.807, 2.05) is 48.5 Å². The van der Waals surface area contributed by atoms with Gasteiger partial charge in [0, 0.05) is 21.8 Å². The van der Waals surface area contributed by atoms with E-state index in [-0.39, 0.29) is 11.4 Å². The van der Waals surface area contributed by atoms with Crippen molar-refractivity contribution >= 4 is 45.4 Å². The number of benzene rings is 2. The Hall–Kier alpha value is -2.44. The molecule has 0 bridgehead atoms. The van der Waals surface area contributed by atoms with Gasteiger partial charge in [-0.1, -0.05) is 58.9 Å². The number of aryl methyl sites for hydroxylation is 1. The Morgan fingerprint density at radius 3 is 2.57 bits per heavy atom. The Morgan fingerprint density at radius 2 is 1.86 bits per heavy atom. The molecular weight excluding hydrogens is 436 g/mol. The summed E-state index contributed by atoms with van der Waals surface area (Å²) in [6.07, 6.45) is 2.79. The van der Waals surface area contributed by atoms with Crippen molar-refractivity contribution < 1.29 is 9.21 Å². The lowest BCUT2D eigenvalue weighted by Gasteiger charge is -2.12. The lowest BCUT2D eigenvalue weighted by molar-refractivity contribution is -0.116. The maximum Gasteiger partial charge on any atom is 0.260 e. The summed E-state index contributed by atoms with van der Waals surface area (Å²) >= 11 is 4.88. The second-order valence-electron chi connectivity index (χ2n) is 6.38. The van der Waals surface area contributed by atoms with E-state index in [9.17, 15) is 4.79 Å². The van der Waals surface area contributed by atoms with Gasteiger partial charge in [-0.2, -0.15) is 0 Å². The molecule has 1 saturated heterocycles. The van der Waals surface area contributed by atoms with Crippen LogP contribution >= 0.6 is 27.7 Å². The molecule has 0 saturated carbocycles. The van der Waals surface area contributed by atoms with Crippen LogP contribution in [0.5, 0.6) is 0 Å². The third kappa shape index (κ3) is 4.34. The summed E-state index contributed by atoms with van der Waals surface area (Å²) in [5.74, 6) is 1.33. The molecule has 28 heavy (non-hydrogen) atoms. The average molecular weight is 455 g/mol. The molecule has 1 aliphatic rings. The molecule has 0 radical (unpaired) electrons. The SMILES string of the molecule is CCc1ccc(N[C@@H]2NC(=O)/C(=C\c3ccc(-c4ccc(Br)cc4)o3)S2)cc1. The van der Waals surface area contributed by atoms with Gasteiger partial charge in [-0.3, -0.25) is 4.79 Å². The lowest BCUT2D eigenvalue weighted by atomic mass is 10.1. The molecule has 3 aromatic rings. The summed E-state index contributed by atoms with van der Waals surface area (Å²) in [5.41, 5.74) is 3.05. The van der Waals surface area contributed by atoms with Gasteiger partial charge in [0.05, 0.1) is 4.91 Å². The van der Waals surface area contributed by atoms with Gasteiger partial charge in [0.25, 0.3) is 5.91 Å². The molecule has 2 aromatic carbocycles. The Morgan fingerprint density at radius 1 is 1.11 bits per heavy atom. The predicted molar refractivity (Wildman–Crippen MR) is 119 cm³/mol. The number of hydrogen-bond acceptors (Lipinski definition) is 4. The second kappa shape index (κ2) is 8.29.